The smallest absolute Gasteiger partial charge is 0.235 e. The summed E-state index contributed by atoms with van der Waals surface area (Å²) in [6, 6.07) is 14.9. The minimum absolute atomic E-state index is 0.203. The van der Waals surface area contributed by atoms with Crippen LogP contribution in [0.4, 0.5) is 0 Å². The van der Waals surface area contributed by atoms with E-state index < -0.39 is 9.04 Å². The molecule has 0 aliphatic rings. The average Bonchev–Trinajstić information content (AvgIpc) is 2.54. The second-order valence-corrected chi connectivity index (χ2v) is 9.52. The highest BCUT2D eigenvalue weighted by Gasteiger charge is 2.25. The van der Waals surface area contributed by atoms with E-state index in [0.717, 1.165) is 23.2 Å². The third-order valence-corrected chi connectivity index (χ3v) is 6.88. The quantitative estimate of drug-likeness (QED) is 0.763. The van der Waals surface area contributed by atoms with Gasteiger partial charge in [0.05, 0.1) is 0 Å². The Hall–Kier alpha value is -1.94. The Balaban J connectivity index is 2.37. The predicted octanol–water partition coefficient (Wildman–Crippen LogP) is 4.57. The summed E-state index contributed by atoms with van der Waals surface area (Å²) in [6.45, 7) is 8.54. The van der Waals surface area contributed by atoms with Crippen molar-refractivity contribution >= 4 is 9.04 Å². The zero-order valence-electron chi connectivity index (χ0n) is 14.3. The molecule has 4 heteroatoms. The SMILES string of the molecule is CC[SiH](CC)Oc1cc(C(C)(C)c2ccc(O)cc2)ccc1O. The molecule has 0 amide bonds. The van der Waals surface area contributed by atoms with Crippen LogP contribution >= 0.6 is 0 Å². The Bertz CT molecular complexity index is 646. The van der Waals surface area contributed by atoms with E-state index in [1.807, 2.05) is 24.3 Å². The highest BCUT2D eigenvalue weighted by atomic mass is 28.3. The van der Waals surface area contributed by atoms with Crippen LogP contribution in [0, 0.1) is 0 Å². The maximum Gasteiger partial charge on any atom is 0.235 e. The Morgan fingerprint density at radius 1 is 0.913 bits per heavy atom. The zero-order valence-corrected chi connectivity index (χ0v) is 15.5. The molecule has 23 heavy (non-hydrogen) atoms. The molecule has 2 N–H and O–H groups in total. The van der Waals surface area contributed by atoms with Crippen LogP contribution in [0.15, 0.2) is 42.5 Å². The first kappa shape index (κ1) is 17.4. The summed E-state index contributed by atoms with van der Waals surface area (Å²) in [5.41, 5.74) is 1.94. The van der Waals surface area contributed by atoms with Crippen LogP contribution in [0.5, 0.6) is 17.2 Å². The zero-order chi connectivity index (χ0) is 17.0. The van der Waals surface area contributed by atoms with Gasteiger partial charge in [-0.1, -0.05) is 45.9 Å². The highest BCUT2D eigenvalue weighted by molar-refractivity contribution is 6.52. The van der Waals surface area contributed by atoms with Gasteiger partial charge in [0.25, 0.3) is 0 Å². The van der Waals surface area contributed by atoms with E-state index in [1.165, 1.54) is 0 Å². The summed E-state index contributed by atoms with van der Waals surface area (Å²) in [6.07, 6.45) is 0. The molecule has 0 saturated heterocycles. The summed E-state index contributed by atoms with van der Waals surface area (Å²) < 4.78 is 6.08. The summed E-state index contributed by atoms with van der Waals surface area (Å²) in [5.74, 6) is 1.06. The van der Waals surface area contributed by atoms with Crippen molar-refractivity contribution in [3.8, 4) is 17.2 Å². The molecule has 2 aromatic rings. The number of hydrogen-bond donors (Lipinski definition) is 2. The minimum Gasteiger partial charge on any atom is -0.544 e. The molecule has 3 nitrogen and oxygen atoms in total. The number of hydrogen-bond acceptors (Lipinski definition) is 3. The Labute approximate surface area is 140 Å². The Morgan fingerprint density at radius 2 is 1.48 bits per heavy atom. The third kappa shape index (κ3) is 3.88. The molecule has 0 bridgehead atoms. The Kier molecular flexibility index (Phi) is 5.37. The van der Waals surface area contributed by atoms with Crippen molar-refractivity contribution in [2.75, 3.05) is 0 Å². The second kappa shape index (κ2) is 7.09. The number of aromatic hydroxyl groups is 2. The van der Waals surface area contributed by atoms with Crippen LogP contribution in [0.25, 0.3) is 0 Å². The van der Waals surface area contributed by atoms with Gasteiger partial charge in [0.15, 0.2) is 5.75 Å². The molecule has 2 aromatic carbocycles. The van der Waals surface area contributed by atoms with Gasteiger partial charge in [-0.2, -0.15) is 0 Å². The summed E-state index contributed by atoms with van der Waals surface area (Å²) in [4.78, 5) is 0. The number of phenolic OH excluding ortho intramolecular Hbond substituents is 2. The lowest BCUT2D eigenvalue weighted by Crippen LogP contribution is -2.21. The molecular formula is C19H26O3Si. The first-order valence-electron chi connectivity index (χ1n) is 8.18. The molecule has 0 spiro atoms. The van der Waals surface area contributed by atoms with E-state index in [-0.39, 0.29) is 16.9 Å². The molecule has 0 aliphatic carbocycles. The highest BCUT2D eigenvalue weighted by Crippen LogP contribution is 2.37. The molecule has 0 atom stereocenters. The number of phenols is 2. The van der Waals surface area contributed by atoms with Gasteiger partial charge in [-0.25, -0.2) is 0 Å². The average molecular weight is 330 g/mol. The van der Waals surface area contributed by atoms with Crippen molar-refractivity contribution in [3.05, 3.63) is 53.6 Å². The van der Waals surface area contributed by atoms with Gasteiger partial charge < -0.3 is 14.6 Å². The largest absolute Gasteiger partial charge is 0.544 e. The topological polar surface area (TPSA) is 49.7 Å². The van der Waals surface area contributed by atoms with E-state index in [4.69, 9.17) is 4.43 Å². The van der Waals surface area contributed by atoms with Gasteiger partial charge in [-0.3, -0.25) is 0 Å². The van der Waals surface area contributed by atoms with Gasteiger partial charge in [0.2, 0.25) is 9.04 Å². The molecular weight excluding hydrogens is 304 g/mol. The Morgan fingerprint density at radius 3 is 2.04 bits per heavy atom. The van der Waals surface area contributed by atoms with E-state index in [2.05, 4.69) is 27.7 Å². The fourth-order valence-corrected chi connectivity index (χ4v) is 4.14. The fourth-order valence-electron chi connectivity index (χ4n) is 2.68. The van der Waals surface area contributed by atoms with Gasteiger partial charge in [0.1, 0.15) is 11.5 Å². The van der Waals surface area contributed by atoms with Crippen molar-refractivity contribution in [2.45, 2.75) is 45.2 Å². The van der Waals surface area contributed by atoms with Crippen molar-refractivity contribution < 1.29 is 14.6 Å². The molecule has 0 heterocycles. The second-order valence-electron chi connectivity index (χ2n) is 6.41. The fraction of sp³-hybridized carbons (Fsp3) is 0.368. The van der Waals surface area contributed by atoms with Gasteiger partial charge in [-0.05, 0) is 47.5 Å². The van der Waals surface area contributed by atoms with Crippen LogP contribution in [0.1, 0.15) is 38.8 Å². The molecule has 124 valence electrons. The lowest BCUT2D eigenvalue weighted by molar-refractivity contribution is 0.436. The van der Waals surface area contributed by atoms with Gasteiger partial charge >= 0.3 is 0 Å². The lowest BCUT2D eigenvalue weighted by Gasteiger charge is -2.27. The van der Waals surface area contributed by atoms with Gasteiger partial charge in [0, 0.05) is 5.41 Å². The summed E-state index contributed by atoms with van der Waals surface area (Å²) >= 11 is 0. The first-order valence-corrected chi connectivity index (χ1v) is 10.3. The summed E-state index contributed by atoms with van der Waals surface area (Å²) in [5, 5.41) is 19.6. The maximum atomic E-state index is 10.1. The number of benzene rings is 2. The van der Waals surface area contributed by atoms with Crippen LogP contribution < -0.4 is 4.43 Å². The van der Waals surface area contributed by atoms with Crippen molar-refractivity contribution in [2.24, 2.45) is 0 Å². The van der Waals surface area contributed by atoms with Crippen molar-refractivity contribution in [3.63, 3.8) is 0 Å². The van der Waals surface area contributed by atoms with E-state index in [9.17, 15) is 10.2 Å². The van der Waals surface area contributed by atoms with Crippen LogP contribution in [-0.2, 0) is 5.41 Å². The third-order valence-electron chi connectivity index (χ3n) is 4.47. The number of rotatable bonds is 6. The van der Waals surface area contributed by atoms with Crippen LogP contribution in [-0.4, -0.2) is 19.3 Å². The normalized spacial score (nSPS) is 11.7. The predicted molar refractivity (Wildman–Crippen MR) is 97.1 cm³/mol. The van der Waals surface area contributed by atoms with Crippen LogP contribution in [0.2, 0.25) is 12.1 Å². The van der Waals surface area contributed by atoms with E-state index in [1.54, 1.807) is 18.2 Å². The maximum absolute atomic E-state index is 10.1. The standard InChI is InChI=1S/C19H26O3Si/c1-5-23(6-2)22-18-13-15(9-12-17(18)21)19(3,4)14-7-10-16(20)11-8-14/h7-13,20-21,23H,5-6H2,1-4H3. The van der Waals surface area contributed by atoms with Crippen molar-refractivity contribution in [1.82, 2.24) is 0 Å². The molecule has 0 aromatic heterocycles. The lowest BCUT2D eigenvalue weighted by atomic mass is 9.78. The molecule has 0 radical (unpaired) electrons. The monoisotopic (exact) mass is 330 g/mol. The van der Waals surface area contributed by atoms with E-state index >= 15 is 0 Å². The molecule has 0 fully saturated rings. The van der Waals surface area contributed by atoms with Crippen molar-refractivity contribution in [1.29, 1.82) is 0 Å². The molecule has 2 rings (SSSR count). The van der Waals surface area contributed by atoms with Gasteiger partial charge in [-0.15, -0.1) is 0 Å². The minimum atomic E-state index is -1.30. The first-order chi connectivity index (χ1) is 10.9. The molecule has 0 aliphatic heterocycles. The molecule has 0 unspecified atom stereocenters. The molecule has 0 saturated carbocycles. The summed E-state index contributed by atoms with van der Waals surface area (Å²) in [7, 11) is -1.30. The van der Waals surface area contributed by atoms with Crippen LogP contribution in [0.3, 0.4) is 0 Å². The van der Waals surface area contributed by atoms with E-state index in [0.29, 0.717) is 5.75 Å².